The molecule has 2 aromatic carbocycles. The van der Waals surface area contributed by atoms with E-state index >= 15 is 0 Å². The van der Waals surface area contributed by atoms with E-state index in [4.69, 9.17) is 0 Å². The number of nitrogens with one attached hydrogen (secondary N) is 1. The first-order valence-corrected chi connectivity index (χ1v) is 10.2. The van der Waals surface area contributed by atoms with E-state index in [0.717, 1.165) is 37.1 Å². The van der Waals surface area contributed by atoms with Gasteiger partial charge in [0.2, 0.25) is 0 Å². The van der Waals surface area contributed by atoms with Crippen molar-refractivity contribution in [3.63, 3.8) is 0 Å². The standard InChI is InChI=1S/C24H26N4O/c1-18-12-14-28(15-13-18)24(29)21-16-22(25-17-19-8-4-2-5-9-19)27-23(26-21)20-10-6-3-7-11-20/h2-11,16,18H,12-15,17H2,1H3,(H,25,26,27). The molecule has 0 unspecified atom stereocenters. The Kier molecular flexibility index (Phi) is 5.84. The maximum Gasteiger partial charge on any atom is 0.272 e. The maximum atomic E-state index is 13.1. The normalized spacial score (nSPS) is 14.6. The van der Waals surface area contributed by atoms with Gasteiger partial charge in [-0.25, -0.2) is 9.97 Å². The van der Waals surface area contributed by atoms with Gasteiger partial charge >= 0.3 is 0 Å². The van der Waals surface area contributed by atoms with Crippen molar-refractivity contribution in [2.24, 2.45) is 5.92 Å². The molecule has 1 N–H and O–H groups in total. The molecule has 0 atom stereocenters. The van der Waals surface area contributed by atoms with Crippen molar-refractivity contribution in [2.75, 3.05) is 18.4 Å². The van der Waals surface area contributed by atoms with Crippen LogP contribution in [0.25, 0.3) is 11.4 Å². The number of likely N-dealkylation sites (tertiary alicyclic amines) is 1. The number of carbonyl (C=O) groups is 1. The van der Waals surface area contributed by atoms with Gasteiger partial charge in [0.15, 0.2) is 5.82 Å². The summed E-state index contributed by atoms with van der Waals surface area (Å²) >= 11 is 0. The Morgan fingerprint density at radius 2 is 1.66 bits per heavy atom. The van der Waals surface area contributed by atoms with Crippen LogP contribution in [0.1, 0.15) is 35.8 Å². The quantitative estimate of drug-likeness (QED) is 0.695. The Hall–Kier alpha value is -3.21. The number of nitrogens with zero attached hydrogens (tertiary/aromatic N) is 3. The van der Waals surface area contributed by atoms with Gasteiger partial charge in [-0.1, -0.05) is 67.6 Å². The van der Waals surface area contributed by atoms with Crippen molar-refractivity contribution in [2.45, 2.75) is 26.3 Å². The Morgan fingerprint density at radius 1 is 1.00 bits per heavy atom. The Bertz CT molecular complexity index is 951. The second kappa shape index (κ2) is 8.86. The molecule has 4 rings (SSSR count). The van der Waals surface area contributed by atoms with E-state index in [1.54, 1.807) is 6.07 Å². The predicted octanol–water partition coefficient (Wildman–Crippen LogP) is 4.63. The summed E-state index contributed by atoms with van der Waals surface area (Å²) in [5, 5.41) is 3.35. The molecule has 1 fully saturated rings. The van der Waals surface area contributed by atoms with Crippen molar-refractivity contribution in [3.8, 4) is 11.4 Å². The average molecular weight is 386 g/mol. The van der Waals surface area contributed by atoms with Crippen LogP contribution in [0.15, 0.2) is 66.7 Å². The first-order valence-electron chi connectivity index (χ1n) is 10.2. The van der Waals surface area contributed by atoms with Crippen molar-refractivity contribution in [3.05, 3.63) is 78.0 Å². The van der Waals surface area contributed by atoms with Gasteiger partial charge in [0.05, 0.1) is 0 Å². The number of hydrogen-bond donors (Lipinski definition) is 1. The van der Waals surface area contributed by atoms with Gasteiger partial charge in [-0.05, 0) is 24.3 Å². The molecule has 0 aliphatic carbocycles. The minimum atomic E-state index is -0.0146. The molecule has 1 saturated heterocycles. The summed E-state index contributed by atoms with van der Waals surface area (Å²) in [6, 6.07) is 21.7. The molecule has 5 heteroatoms. The first kappa shape index (κ1) is 19.1. The van der Waals surface area contributed by atoms with E-state index < -0.39 is 0 Å². The Labute approximate surface area is 171 Å². The smallest absolute Gasteiger partial charge is 0.272 e. The van der Waals surface area contributed by atoms with Gasteiger partial charge in [0.25, 0.3) is 5.91 Å². The molecule has 5 nitrogen and oxygen atoms in total. The minimum absolute atomic E-state index is 0.0146. The van der Waals surface area contributed by atoms with Gasteiger partial charge in [-0.15, -0.1) is 0 Å². The molecule has 1 aliphatic rings. The van der Waals surface area contributed by atoms with Crippen LogP contribution in [0.2, 0.25) is 0 Å². The average Bonchev–Trinajstić information content (AvgIpc) is 2.79. The third kappa shape index (κ3) is 4.80. The first-order chi connectivity index (χ1) is 14.2. The molecular weight excluding hydrogens is 360 g/mol. The fraction of sp³-hybridized carbons (Fsp3) is 0.292. The van der Waals surface area contributed by atoms with Crippen molar-refractivity contribution in [1.82, 2.24) is 14.9 Å². The van der Waals surface area contributed by atoms with Crippen LogP contribution in [-0.4, -0.2) is 33.9 Å². The number of anilines is 1. The second-order valence-corrected chi connectivity index (χ2v) is 7.64. The zero-order valence-electron chi connectivity index (χ0n) is 16.7. The molecule has 148 valence electrons. The third-order valence-electron chi connectivity index (χ3n) is 5.36. The van der Waals surface area contributed by atoms with Crippen LogP contribution in [0.5, 0.6) is 0 Å². The molecule has 3 aromatic rings. The molecule has 1 aliphatic heterocycles. The molecule has 0 saturated carbocycles. The molecule has 0 bridgehead atoms. The van der Waals surface area contributed by atoms with E-state index in [2.05, 4.69) is 34.3 Å². The summed E-state index contributed by atoms with van der Waals surface area (Å²) in [6.45, 7) is 4.46. The minimum Gasteiger partial charge on any atom is -0.366 e. The van der Waals surface area contributed by atoms with Gasteiger partial charge < -0.3 is 10.2 Å². The number of amides is 1. The lowest BCUT2D eigenvalue weighted by atomic mass is 9.99. The van der Waals surface area contributed by atoms with Crippen LogP contribution in [-0.2, 0) is 6.54 Å². The van der Waals surface area contributed by atoms with E-state index in [1.165, 1.54) is 0 Å². The maximum absolute atomic E-state index is 13.1. The van der Waals surface area contributed by atoms with Gasteiger partial charge in [0, 0.05) is 31.3 Å². The summed E-state index contributed by atoms with van der Waals surface area (Å²) in [7, 11) is 0. The molecular formula is C24H26N4O. The summed E-state index contributed by atoms with van der Waals surface area (Å²) in [5.74, 6) is 1.89. The van der Waals surface area contributed by atoms with E-state index in [1.807, 2.05) is 53.4 Å². The predicted molar refractivity (Wildman–Crippen MR) is 116 cm³/mol. The van der Waals surface area contributed by atoms with Crippen molar-refractivity contribution < 1.29 is 4.79 Å². The molecule has 1 aromatic heterocycles. The second-order valence-electron chi connectivity index (χ2n) is 7.64. The highest BCUT2D eigenvalue weighted by molar-refractivity contribution is 5.93. The summed E-state index contributed by atoms with van der Waals surface area (Å²) < 4.78 is 0. The van der Waals surface area contributed by atoms with Crippen LogP contribution >= 0.6 is 0 Å². The fourth-order valence-electron chi connectivity index (χ4n) is 3.53. The number of rotatable bonds is 5. The third-order valence-corrected chi connectivity index (χ3v) is 5.36. The fourth-order valence-corrected chi connectivity index (χ4v) is 3.53. The van der Waals surface area contributed by atoms with E-state index in [9.17, 15) is 4.79 Å². The number of benzene rings is 2. The number of aromatic nitrogens is 2. The van der Waals surface area contributed by atoms with Gasteiger partial charge in [-0.2, -0.15) is 0 Å². The van der Waals surface area contributed by atoms with Crippen LogP contribution in [0.4, 0.5) is 5.82 Å². The van der Waals surface area contributed by atoms with E-state index in [0.29, 0.717) is 29.8 Å². The summed E-state index contributed by atoms with van der Waals surface area (Å²) in [6.07, 6.45) is 2.09. The Morgan fingerprint density at radius 3 is 2.34 bits per heavy atom. The zero-order valence-corrected chi connectivity index (χ0v) is 16.7. The Balaban J connectivity index is 1.62. The number of carbonyl (C=O) groups excluding carboxylic acids is 1. The van der Waals surface area contributed by atoms with Crippen LogP contribution in [0, 0.1) is 5.92 Å². The molecule has 29 heavy (non-hydrogen) atoms. The van der Waals surface area contributed by atoms with E-state index in [-0.39, 0.29) is 5.91 Å². The lowest BCUT2D eigenvalue weighted by Crippen LogP contribution is -2.38. The SMILES string of the molecule is CC1CCN(C(=O)c2cc(NCc3ccccc3)nc(-c3ccccc3)n2)CC1. The lowest BCUT2D eigenvalue weighted by molar-refractivity contribution is 0.0691. The lowest BCUT2D eigenvalue weighted by Gasteiger charge is -2.30. The molecule has 0 radical (unpaired) electrons. The van der Waals surface area contributed by atoms with Gasteiger partial charge in [-0.3, -0.25) is 4.79 Å². The largest absolute Gasteiger partial charge is 0.366 e. The number of piperidine rings is 1. The zero-order chi connectivity index (χ0) is 20.1. The van der Waals surface area contributed by atoms with Crippen LogP contribution < -0.4 is 5.32 Å². The highest BCUT2D eigenvalue weighted by Crippen LogP contribution is 2.22. The number of hydrogen-bond acceptors (Lipinski definition) is 4. The highest BCUT2D eigenvalue weighted by Gasteiger charge is 2.23. The highest BCUT2D eigenvalue weighted by atomic mass is 16.2. The summed E-state index contributed by atoms with van der Waals surface area (Å²) in [5.41, 5.74) is 2.51. The topological polar surface area (TPSA) is 58.1 Å². The monoisotopic (exact) mass is 386 g/mol. The molecule has 0 spiro atoms. The molecule has 2 heterocycles. The van der Waals surface area contributed by atoms with Crippen molar-refractivity contribution >= 4 is 11.7 Å². The van der Waals surface area contributed by atoms with Crippen molar-refractivity contribution in [1.29, 1.82) is 0 Å². The summed E-state index contributed by atoms with van der Waals surface area (Å²) in [4.78, 5) is 24.3. The molecule has 1 amide bonds. The van der Waals surface area contributed by atoms with Gasteiger partial charge in [0.1, 0.15) is 11.5 Å². The van der Waals surface area contributed by atoms with Crippen LogP contribution in [0.3, 0.4) is 0 Å².